The molecule has 2 fully saturated rings. The lowest BCUT2D eigenvalue weighted by Crippen LogP contribution is -2.38. The highest BCUT2D eigenvalue weighted by molar-refractivity contribution is 5.00. The molecule has 2 atom stereocenters. The van der Waals surface area contributed by atoms with E-state index in [4.69, 9.17) is 9.15 Å². The van der Waals surface area contributed by atoms with E-state index in [1.165, 1.54) is 12.8 Å². The van der Waals surface area contributed by atoms with Gasteiger partial charge in [-0.15, -0.1) is 0 Å². The first-order chi connectivity index (χ1) is 8.85. The minimum Gasteiger partial charge on any atom is -0.468 e. The Kier molecular flexibility index (Phi) is 3.68. The molecule has 0 aromatic carbocycles. The van der Waals surface area contributed by atoms with Gasteiger partial charge in [0.25, 0.3) is 0 Å². The van der Waals surface area contributed by atoms with Gasteiger partial charge in [-0.1, -0.05) is 0 Å². The zero-order valence-corrected chi connectivity index (χ0v) is 11.0. The molecule has 0 spiro atoms. The van der Waals surface area contributed by atoms with Crippen LogP contribution in [-0.4, -0.2) is 43.3 Å². The number of ether oxygens (including phenoxy) is 1. The highest BCUT2D eigenvalue weighted by atomic mass is 16.5. The zero-order chi connectivity index (χ0) is 12.4. The molecular formula is C14H22N2O2. The Bertz CT molecular complexity index is 362. The van der Waals surface area contributed by atoms with E-state index in [9.17, 15) is 0 Å². The van der Waals surface area contributed by atoms with Crippen molar-refractivity contribution >= 4 is 0 Å². The van der Waals surface area contributed by atoms with Gasteiger partial charge in [0.05, 0.1) is 18.9 Å². The molecule has 2 heterocycles. The Hall–Kier alpha value is -0.840. The van der Waals surface area contributed by atoms with E-state index >= 15 is 0 Å². The van der Waals surface area contributed by atoms with Crippen LogP contribution in [0.3, 0.4) is 0 Å². The molecule has 0 bridgehead atoms. The molecule has 1 aliphatic heterocycles. The summed E-state index contributed by atoms with van der Waals surface area (Å²) < 4.78 is 10.9. The lowest BCUT2D eigenvalue weighted by atomic mass is 10.2. The van der Waals surface area contributed by atoms with Gasteiger partial charge in [-0.25, -0.2) is 0 Å². The van der Waals surface area contributed by atoms with Gasteiger partial charge in [-0.2, -0.15) is 0 Å². The monoisotopic (exact) mass is 250 g/mol. The van der Waals surface area contributed by atoms with E-state index in [-0.39, 0.29) is 0 Å². The number of rotatable bonds is 6. The lowest BCUT2D eigenvalue weighted by molar-refractivity contribution is 0.114. The number of hydrogen-bond acceptors (Lipinski definition) is 4. The van der Waals surface area contributed by atoms with Gasteiger partial charge in [0.1, 0.15) is 5.76 Å². The number of methoxy groups -OCH3 is 1. The maximum absolute atomic E-state index is 5.46. The van der Waals surface area contributed by atoms with Crippen LogP contribution in [0.15, 0.2) is 22.8 Å². The van der Waals surface area contributed by atoms with Gasteiger partial charge in [-0.3, -0.25) is 4.90 Å². The minimum absolute atomic E-state index is 0.389. The summed E-state index contributed by atoms with van der Waals surface area (Å²) in [6.45, 7) is 3.03. The third-order valence-electron chi connectivity index (χ3n) is 3.97. The molecule has 18 heavy (non-hydrogen) atoms. The number of hydrogen-bond donors (Lipinski definition) is 1. The lowest BCUT2D eigenvalue weighted by Gasteiger charge is -2.24. The first-order valence-electron chi connectivity index (χ1n) is 6.88. The molecule has 1 saturated carbocycles. The minimum atomic E-state index is 0.389. The van der Waals surface area contributed by atoms with Crippen molar-refractivity contribution in [1.82, 2.24) is 10.2 Å². The largest absolute Gasteiger partial charge is 0.468 e. The average molecular weight is 250 g/mol. The van der Waals surface area contributed by atoms with Gasteiger partial charge in [0, 0.05) is 32.3 Å². The zero-order valence-electron chi connectivity index (χ0n) is 11.0. The first kappa shape index (κ1) is 12.2. The van der Waals surface area contributed by atoms with Crippen LogP contribution in [0.1, 0.15) is 25.0 Å². The summed E-state index contributed by atoms with van der Waals surface area (Å²) >= 11 is 0. The Morgan fingerprint density at radius 2 is 2.39 bits per heavy atom. The molecule has 2 aliphatic rings. The molecule has 1 aromatic heterocycles. The normalized spacial score (nSPS) is 28.1. The fourth-order valence-corrected chi connectivity index (χ4v) is 2.77. The highest BCUT2D eigenvalue weighted by Gasteiger charge is 2.33. The predicted molar refractivity (Wildman–Crippen MR) is 69.3 cm³/mol. The Morgan fingerprint density at radius 3 is 3.00 bits per heavy atom. The van der Waals surface area contributed by atoms with Gasteiger partial charge < -0.3 is 14.5 Å². The summed E-state index contributed by atoms with van der Waals surface area (Å²) in [5.74, 6) is 1.07. The van der Waals surface area contributed by atoms with Crippen molar-refractivity contribution in [2.45, 2.75) is 44.0 Å². The van der Waals surface area contributed by atoms with Gasteiger partial charge in [0.2, 0.25) is 0 Å². The summed E-state index contributed by atoms with van der Waals surface area (Å²) in [4.78, 5) is 2.55. The van der Waals surface area contributed by atoms with Gasteiger partial charge in [-0.05, 0) is 31.4 Å². The quantitative estimate of drug-likeness (QED) is 0.832. The molecule has 2 unspecified atom stereocenters. The maximum atomic E-state index is 5.46. The molecule has 1 N–H and O–H groups in total. The molecule has 4 nitrogen and oxygen atoms in total. The van der Waals surface area contributed by atoms with Crippen LogP contribution in [0, 0.1) is 0 Å². The fraction of sp³-hybridized carbons (Fsp3) is 0.714. The summed E-state index contributed by atoms with van der Waals surface area (Å²) in [5.41, 5.74) is 0. The van der Waals surface area contributed by atoms with Crippen LogP contribution in [0.4, 0.5) is 0 Å². The Balaban J connectivity index is 1.54. The smallest absolute Gasteiger partial charge is 0.117 e. The third kappa shape index (κ3) is 2.94. The van der Waals surface area contributed by atoms with Crippen LogP contribution in [0.2, 0.25) is 0 Å². The summed E-state index contributed by atoms with van der Waals surface area (Å²) in [7, 11) is 1.80. The van der Waals surface area contributed by atoms with Crippen LogP contribution in [0.25, 0.3) is 0 Å². The van der Waals surface area contributed by atoms with Crippen molar-refractivity contribution in [3.05, 3.63) is 24.2 Å². The first-order valence-corrected chi connectivity index (χ1v) is 6.88. The molecule has 1 aromatic rings. The number of nitrogens with zero attached hydrogens (tertiary/aromatic N) is 1. The van der Waals surface area contributed by atoms with Gasteiger partial charge in [0.15, 0.2) is 0 Å². The topological polar surface area (TPSA) is 37.6 Å². The average Bonchev–Trinajstić information content (AvgIpc) is 2.92. The van der Waals surface area contributed by atoms with Crippen LogP contribution >= 0.6 is 0 Å². The predicted octanol–water partition coefficient (Wildman–Crippen LogP) is 1.62. The van der Waals surface area contributed by atoms with Crippen molar-refractivity contribution in [2.75, 3.05) is 20.2 Å². The second kappa shape index (κ2) is 5.43. The second-order valence-electron chi connectivity index (χ2n) is 5.44. The van der Waals surface area contributed by atoms with Crippen molar-refractivity contribution in [3.63, 3.8) is 0 Å². The summed E-state index contributed by atoms with van der Waals surface area (Å²) in [5, 5.41) is 3.55. The van der Waals surface area contributed by atoms with E-state index in [1.807, 2.05) is 6.07 Å². The number of nitrogens with one attached hydrogen (secondary N) is 1. The van der Waals surface area contributed by atoms with E-state index in [1.54, 1.807) is 13.4 Å². The van der Waals surface area contributed by atoms with Crippen molar-refractivity contribution in [2.24, 2.45) is 0 Å². The van der Waals surface area contributed by atoms with Crippen LogP contribution < -0.4 is 5.32 Å². The molecule has 4 heteroatoms. The van der Waals surface area contributed by atoms with E-state index in [2.05, 4.69) is 16.3 Å². The molecule has 1 saturated heterocycles. The Labute approximate surface area is 108 Å². The second-order valence-corrected chi connectivity index (χ2v) is 5.44. The van der Waals surface area contributed by atoms with Crippen molar-refractivity contribution in [1.29, 1.82) is 0 Å². The molecule has 100 valence electrons. The summed E-state index contributed by atoms with van der Waals surface area (Å²) in [6.07, 6.45) is 5.94. The van der Waals surface area contributed by atoms with E-state index < -0.39 is 0 Å². The molecule has 0 amide bonds. The third-order valence-corrected chi connectivity index (χ3v) is 3.97. The SMILES string of the molecule is COC1CNC(CN(Cc2ccco2)C2CC2)C1. The highest BCUT2D eigenvalue weighted by Crippen LogP contribution is 2.29. The van der Waals surface area contributed by atoms with Crippen molar-refractivity contribution in [3.8, 4) is 0 Å². The van der Waals surface area contributed by atoms with Crippen LogP contribution in [-0.2, 0) is 11.3 Å². The van der Waals surface area contributed by atoms with E-state index in [0.717, 1.165) is 37.9 Å². The molecular weight excluding hydrogens is 228 g/mol. The maximum Gasteiger partial charge on any atom is 0.117 e. The standard InChI is InChI=1S/C14H22N2O2/c1-17-14-7-11(15-8-14)9-16(12-4-5-12)10-13-3-2-6-18-13/h2-3,6,11-12,14-15H,4-5,7-10H2,1H3. The van der Waals surface area contributed by atoms with Gasteiger partial charge >= 0.3 is 0 Å². The van der Waals surface area contributed by atoms with Crippen molar-refractivity contribution < 1.29 is 9.15 Å². The van der Waals surface area contributed by atoms with E-state index in [0.29, 0.717) is 12.1 Å². The number of furan rings is 1. The molecule has 0 radical (unpaired) electrons. The fourth-order valence-electron chi connectivity index (χ4n) is 2.77. The molecule has 3 rings (SSSR count). The van der Waals surface area contributed by atoms with Crippen LogP contribution in [0.5, 0.6) is 0 Å². The summed E-state index contributed by atoms with van der Waals surface area (Å²) in [6, 6.07) is 5.36. The molecule has 1 aliphatic carbocycles. The Morgan fingerprint density at radius 1 is 1.50 bits per heavy atom.